The zero-order valence-electron chi connectivity index (χ0n) is 16.6. The van der Waals surface area contributed by atoms with Gasteiger partial charge >= 0.3 is 0 Å². The van der Waals surface area contributed by atoms with Gasteiger partial charge in [-0.1, -0.05) is 17.7 Å². The molecule has 1 fully saturated rings. The molecule has 1 aliphatic carbocycles. The Labute approximate surface area is 175 Å². The van der Waals surface area contributed by atoms with Gasteiger partial charge in [-0.15, -0.1) is 0 Å². The van der Waals surface area contributed by atoms with Crippen LogP contribution in [0.2, 0.25) is 5.02 Å². The first-order valence-electron chi connectivity index (χ1n) is 10.0. The standard InChI is InChI=1S/C22H25ClN4O2/c1-27(2)16-4-6-20-18(9-16)22(12-28-21(24)26-22)17-8-13(3-5-19(17)29-20)14-7-15(23)11-25-10-14/h3,5,7-8,10-11,16,18,20H,4,6,9,12H2,1-2H3,(H2,24,26)/t16?,18-,20?,22?/m0/s1. The van der Waals surface area contributed by atoms with Gasteiger partial charge in [0.15, 0.2) is 0 Å². The van der Waals surface area contributed by atoms with Crippen LogP contribution in [0.15, 0.2) is 41.7 Å². The molecule has 0 radical (unpaired) electrons. The summed E-state index contributed by atoms with van der Waals surface area (Å²) in [6, 6.07) is 8.90. The van der Waals surface area contributed by atoms with Gasteiger partial charge in [-0.2, -0.15) is 0 Å². The van der Waals surface area contributed by atoms with Gasteiger partial charge in [-0.05, 0) is 57.1 Å². The smallest absolute Gasteiger partial charge is 0.283 e. The van der Waals surface area contributed by atoms with Crippen molar-refractivity contribution >= 4 is 17.6 Å². The van der Waals surface area contributed by atoms with Crippen LogP contribution in [0.5, 0.6) is 5.75 Å². The van der Waals surface area contributed by atoms with E-state index in [0.717, 1.165) is 41.7 Å². The van der Waals surface area contributed by atoms with Gasteiger partial charge in [0.05, 0.1) is 5.02 Å². The van der Waals surface area contributed by atoms with E-state index in [1.54, 1.807) is 6.20 Å². The van der Waals surface area contributed by atoms with Crippen LogP contribution in [0.3, 0.4) is 0 Å². The van der Waals surface area contributed by atoms with E-state index in [9.17, 15) is 0 Å². The number of benzene rings is 1. The lowest BCUT2D eigenvalue weighted by atomic mass is 9.67. The summed E-state index contributed by atoms with van der Waals surface area (Å²) in [4.78, 5) is 11.4. The van der Waals surface area contributed by atoms with Gasteiger partial charge in [-0.25, -0.2) is 4.99 Å². The maximum atomic E-state index is 6.47. The molecule has 1 aromatic carbocycles. The predicted octanol–water partition coefficient (Wildman–Crippen LogP) is 3.43. The second-order valence-electron chi connectivity index (χ2n) is 8.46. The molecule has 0 saturated heterocycles. The number of ether oxygens (including phenoxy) is 2. The van der Waals surface area contributed by atoms with Crippen molar-refractivity contribution in [1.82, 2.24) is 9.88 Å². The van der Waals surface area contributed by atoms with Crippen LogP contribution in [-0.4, -0.2) is 48.8 Å². The number of aromatic nitrogens is 1. The summed E-state index contributed by atoms with van der Waals surface area (Å²) in [6.45, 7) is 0.452. The molecule has 3 unspecified atom stereocenters. The number of amidine groups is 1. The number of fused-ring (bicyclic) bond motifs is 4. The van der Waals surface area contributed by atoms with Crippen molar-refractivity contribution in [2.24, 2.45) is 16.6 Å². The molecule has 6 nitrogen and oxygen atoms in total. The minimum Gasteiger partial charge on any atom is -0.490 e. The Morgan fingerprint density at radius 2 is 2.03 bits per heavy atom. The van der Waals surface area contributed by atoms with E-state index in [-0.39, 0.29) is 18.0 Å². The fourth-order valence-corrected chi connectivity index (χ4v) is 5.26. The SMILES string of the molecule is CN(C)C1CCC2Oc3ccc(-c4cncc(Cl)c4)cc3C3(COC(N)=N3)[C@H]2C1. The largest absolute Gasteiger partial charge is 0.490 e. The maximum absolute atomic E-state index is 6.47. The first-order valence-corrected chi connectivity index (χ1v) is 10.4. The number of pyridine rings is 1. The molecule has 7 heteroatoms. The first-order chi connectivity index (χ1) is 14.0. The van der Waals surface area contributed by atoms with Crippen LogP contribution in [-0.2, 0) is 10.3 Å². The highest BCUT2D eigenvalue weighted by Gasteiger charge is 2.55. The number of aliphatic imine (C=N–C) groups is 1. The Hall–Kier alpha value is -2.31. The minimum atomic E-state index is -0.515. The van der Waals surface area contributed by atoms with Gasteiger partial charge in [-0.3, -0.25) is 4.98 Å². The second-order valence-corrected chi connectivity index (χ2v) is 8.90. The van der Waals surface area contributed by atoms with E-state index >= 15 is 0 Å². The highest BCUT2D eigenvalue weighted by molar-refractivity contribution is 6.30. The Balaban J connectivity index is 1.63. The maximum Gasteiger partial charge on any atom is 0.283 e. The van der Waals surface area contributed by atoms with E-state index in [2.05, 4.69) is 36.1 Å². The molecule has 1 spiro atoms. The first kappa shape index (κ1) is 18.7. The van der Waals surface area contributed by atoms with Crippen molar-refractivity contribution < 1.29 is 9.47 Å². The Morgan fingerprint density at radius 1 is 1.17 bits per heavy atom. The molecule has 5 rings (SSSR count). The van der Waals surface area contributed by atoms with Crippen LogP contribution in [0.25, 0.3) is 11.1 Å². The number of nitrogens with zero attached hydrogens (tertiary/aromatic N) is 3. The van der Waals surface area contributed by atoms with Gasteiger partial charge in [0, 0.05) is 35.5 Å². The topological polar surface area (TPSA) is 73.0 Å². The molecule has 2 aliphatic heterocycles. The summed E-state index contributed by atoms with van der Waals surface area (Å²) in [7, 11) is 4.28. The molecule has 29 heavy (non-hydrogen) atoms. The van der Waals surface area contributed by atoms with E-state index < -0.39 is 5.54 Å². The van der Waals surface area contributed by atoms with Crippen molar-refractivity contribution in [3.05, 3.63) is 47.2 Å². The van der Waals surface area contributed by atoms with Crippen molar-refractivity contribution in [3.63, 3.8) is 0 Å². The average molecular weight is 413 g/mol. The highest BCUT2D eigenvalue weighted by Crippen LogP contribution is 2.53. The molecule has 2 aromatic rings. The van der Waals surface area contributed by atoms with Gasteiger partial charge in [0.1, 0.15) is 24.0 Å². The van der Waals surface area contributed by atoms with E-state index in [1.807, 2.05) is 18.3 Å². The van der Waals surface area contributed by atoms with Crippen molar-refractivity contribution in [3.8, 4) is 16.9 Å². The summed E-state index contributed by atoms with van der Waals surface area (Å²) in [5, 5.41) is 0.610. The second kappa shape index (κ2) is 6.89. The molecular weight excluding hydrogens is 388 g/mol. The van der Waals surface area contributed by atoms with Crippen LogP contribution in [0.4, 0.5) is 0 Å². The number of nitrogens with two attached hydrogens (primary N) is 1. The fraction of sp³-hybridized carbons (Fsp3) is 0.455. The van der Waals surface area contributed by atoms with E-state index in [4.69, 9.17) is 31.8 Å². The van der Waals surface area contributed by atoms with E-state index in [0.29, 0.717) is 17.7 Å². The number of rotatable bonds is 2. The number of hydrogen-bond donors (Lipinski definition) is 1. The fourth-order valence-electron chi connectivity index (χ4n) is 5.09. The predicted molar refractivity (Wildman–Crippen MR) is 113 cm³/mol. The van der Waals surface area contributed by atoms with Crippen molar-refractivity contribution in [2.45, 2.75) is 36.9 Å². The molecule has 3 heterocycles. The average Bonchev–Trinajstić information content (AvgIpc) is 3.10. The minimum absolute atomic E-state index is 0.121. The van der Waals surface area contributed by atoms with Crippen LogP contribution in [0, 0.1) is 5.92 Å². The molecule has 1 aromatic heterocycles. The van der Waals surface area contributed by atoms with Crippen molar-refractivity contribution in [1.29, 1.82) is 0 Å². The highest BCUT2D eigenvalue weighted by atomic mass is 35.5. The van der Waals surface area contributed by atoms with Crippen LogP contribution < -0.4 is 10.5 Å². The lowest BCUT2D eigenvalue weighted by molar-refractivity contribution is -0.0155. The normalized spacial score (nSPS) is 30.3. The van der Waals surface area contributed by atoms with Crippen LogP contribution in [0.1, 0.15) is 24.8 Å². The molecule has 4 atom stereocenters. The molecule has 152 valence electrons. The van der Waals surface area contributed by atoms with Crippen molar-refractivity contribution in [2.75, 3.05) is 20.7 Å². The summed E-state index contributed by atoms with van der Waals surface area (Å²) >= 11 is 6.16. The van der Waals surface area contributed by atoms with Gasteiger partial charge in [0.25, 0.3) is 6.02 Å². The Bertz CT molecular complexity index is 979. The quantitative estimate of drug-likeness (QED) is 0.818. The summed E-state index contributed by atoms with van der Waals surface area (Å²) in [6.07, 6.45) is 6.70. The summed E-state index contributed by atoms with van der Waals surface area (Å²) in [5.41, 5.74) is 8.54. The zero-order valence-corrected chi connectivity index (χ0v) is 17.4. The molecule has 0 amide bonds. The third-order valence-corrected chi connectivity index (χ3v) is 6.82. The third kappa shape index (κ3) is 3.06. The lowest BCUT2D eigenvalue weighted by Crippen LogP contribution is -2.53. The molecule has 3 aliphatic rings. The monoisotopic (exact) mass is 412 g/mol. The van der Waals surface area contributed by atoms with Gasteiger partial charge in [0.2, 0.25) is 0 Å². The molecule has 1 saturated carbocycles. The third-order valence-electron chi connectivity index (χ3n) is 6.62. The zero-order chi connectivity index (χ0) is 20.2. The Morgan fingerprint density at radius 3 is 2.76 bits per heavy atom. The summed E-state index contributed by atoms with van der Waals surface area (Å²) in [5.74, 6) is 1.08. The molecule has 0 bridgehead atoms. The number of hydrogen-bond acceptors (Lipinski definition) is 6. The summed E-state index contributed by atoms with van der Waals surface area (Å²) < 4.78 is 12.2. The lowest BCUT2D eigenvalue weighted by Gasteiger charge is -2.49. The Kier molecular flexibility index (Phi) is 4.44. The molecular formula is C22H25ClN4O2. The number of halogens is 1. The van der Waals surface area contributed by atoms with Gasteiger partial charge < -0.3 is 20.1 Å². The van der Waals surface area contributed by atoms with Crippen LogP contribution >= 0.6 is 11.6 Å². The van der Waals surface area contributed by atoms with E-state index in [1.165, 1.54) is 0 Å². The molecule has 2 N–H and O–H groups in total.